The number of nitrogens with one attached hydrogen (secondary N) is 1. The van der Waals surface area contributed by atoms with Crippen LogP contribution in [-0.4, -0.2) is 49.6 Å². The van der Waals surface area contributed by atoms with Crippen LogP contribution in [0.25, 0.3) is 0 Å². The molecule has 1 fully saturated rings. The topological polar surface area (TPSA) is 58.6 Å². The Hall–Kier alpha value is -1.10. The largest absolute Gasteiger partial charge is 0.378 e. The highest BCUT2D eigenvalue weighted by molar-refractivity contribution is 5.86. The third-order valence-electron chi connectivity index (χ3n) is 2.91. The highest BCUT2D eigenvalue weighted by atomic mass is 16.5. The van der Waals surface area contributed by atoms with Crippen LogP contribution in [0.3, 0.4) is 0 Å². The van der Waals surface area contributed by atoms with Gasteiger partial charge in [0.15, 0.2) is 0 Å². The van der Waals surface area contributed by atoms with Gasteiger partial charge in [-0.1, -0.05) is 0 Å². The molecule has 0 aromatic heterocycles. The van der Waals surface area contributed by atoms with Gasteiger partial charge < -0.3 is 15.0 Å². The Bertz CT molecular complexity index is 273. The van der Waals surface area contributed by atoms with Crippen molar-refractivity contribution in [2.24, 2.45) is 0 Å². The maximum absolute atomic E-state index is 11.6. The second-order valence-corrected chi connectivity index (χ2v) is 4.70. The molecule has 0 saturated carbocycles. The number of nitrogens with zero attached hydrogens (tertiary/aromatic N) is 1. The number of hydrogen-bond acceptors (Lipinski definition) is 3. The zero-order valence-corrected chi connectivity index (χ0v) is 10.9. The third kappa shape index (κ3) is 4.73. The summed E-state index contributed by atoms with van der Waals surface area (Å²) in [5.74, 6) is -0.168. The summed E-state index contributed by atoms with van der Waals surface area (Å²) < 4.78 is 5.44. The van der Waals surface area contributed by atoms with Crippen molar-refractivity contribution in [1.82, 2.24) is 10.2 Å². The normalized spacial score (nSPS) is 21.0. The van der Waals surface area contributed by atoms with E-state index in [-0.39, 0.29) is 17.9 Å². The molecule has 2 unspecified atom stereocenters. The first-order valence-corrected chi connectivity index (χ1v) is 6.13. The van der Waals surface area contributed by atoms with E-state index in [1.54, 1.807) is 21.0 Å². The molecule has 98 valence electrons. The first-order chi connectivity index (χ1) is 8.00. The van der Waals surface area contributed by atoms with Crippen LogP contribution >= 0.6 is 0 Å². The molecule has 0 aromatic rings. The first-order valence-electron chi connectivity index (χ1n) is 6.13. The van der Waals surface area contributed by atoms with Gasteiger partial charge in [0, 0.05) is 27.1 Å². The van der Waals surface area contributed by atoms with Crippen molar-refractivity contribution in [3.05, 3.63) is 0 Å². The Morgan fingerprint density at radius 2 is 2.18 bits per heavy atom. The van der Waals surface area contributed by atoms with Gasteiger partial charge in [0.1, 0.15) is 6.04 Å². The predicted molar refractivity (Wildman–Crippen MR) is 64.5 cm³/mol. The molecule has 1 aliphatic rings. The van der Waals surface area contributed by atoms with Gasteiger partial charge in [-0.25, -0.2) is 0 Å². The summed E-state index contributed by atoms with van der Waals surface area (Å²) in [5.41, 5.74) is 0. The average Bonchev–Trinajstić information content (AvgIpc) is 2.77. The van der Waals surface area contributed by atoms with E-state index in [4.69, 9.17) is 4.74 Å². The molecule has 5 nitrogen and oxygen atoms in total. The molecule has 1 rings (SSSR count). The van der Waals surface area contributed by atoms with Crippen molar-refractivity contribution in [2.45, 2.75) is 44.8 Å². The molecule has 0 radical (unpaired) electrons. The minimum absolute atomic E-state index is 0.0804. The van der Waals surface area contributed by atoms with Crippen molar-refractivity contribution in [3.63, 3.8) is 0 Å². The Morgan fingerprint density at radius 3 is 2.71 bits per heavy atom. The molecule has 1 saturated heterocycles. The number of likely N-dealkylation sites (N-methyl/N-ethyl adjacent to an activating group) is 1. The fourth-order valence-corrected chi connectivity index (χ4v) is 1.93. The van der Waals surface area contributed by atoms with Crippen molar-refractivity contribution in [1.29, 1.82) is 0 Å². The van der Waals surface area contributed by atoms with E-state index in [0.717, 1.165) is 25.9 Å². The van der Waals surface area contributed by atoms with Gasteiger partial charge >= 0.3 is 0 Å². The fraction of sp³-hybridized carbons (Fsp3) is 0.833. The molecular weight excluding hydrogens is 220 g/mol. The molecule has 5 heteroatoms. The maximum Gasteiger partial charge on any atom is 0.244 e. The lowest BCUT2D eigenvalue weighted by molar-refractivity contribution is -0.134. The van der Waals surface area contributed by atoms with Crippen LogP contribution < -0.4 is 5.32 Å². The molecule has 1 N–H and O–H groups in total. The monoisotopic (exact) mass is 242 g/mol. The van der Waals surface area contributed by atoms with Crippen molar-refractivity contribution in [3.8, 4) is 0 Å². The smallest absolute Gasteiger partial charge is 0.244 e. The summed E-state index contributed by atoms with van der Waals surface area (Å²) in [6.45, 7) is 2.51. The zero-order chi connectivity index (χ0) is 12.8. The van der Waals surface area contributed by atoms with Gasteiger partial charge in [-0.15, -0.1) is 0 Å². The lowest BCUT2D eigenvalue weighted by atomic mass is 10.1. The second kappa shape index (κ2) is 6.59. The van der Waals surface area contributed by atoms with Gasteiger partial charge in [0.2, 0.25) is 11.8 Å². The summed E-state index contributed by atoms with van der Waals surface area (Å²) >= 11 is 0. The molecule has 17 heavy (non-hydrogen) atoms. The summed E-state index contributed by atoms with van der Waals surface area (Å²) in [5, 5.41) is 2.70. The minimum Gasteiger partial charge on any atom is -0.378 e. The van der Waals surface area contributed by atoms with Crippen LogP contribution in [0.15, 0.2) is 0 Å². The van der Waals surface area contributed by atoms with E-state index in [0.29, 0.717) is 6.42 Å². The average molecular weight is 242 g/mol. The van der Waals surface area contributed by atoms with E-state index < -0.39 is 6.04 Å². The Labute approximate surface area is 102 Å². The predicted octanol–water partition coefficient (Wildman–Crippen LogP) is 0.539. The lowest BCUT2D eigenvalue weighted by Gasteiger charge is -2.18. The number of hydrogen-bond donors (Lipinski definition) is 1. The van der Waals surface area contributed by atoms with E-state index in [1.165, 1.54) is 4.90 Å². The minimum atomic E-state index is -0.456. The number of amides is 2. The second-order valence-electron chi connectivity index (χ2n) is 4.70. The number of carbonyl (C=O) groups excluding carboxylic acids is 2. The fourth-order valence-electron chi connectivity index (χ4n) is 1.93. The molecule has 2 atom stereocenters. The molecule has 0 spiro atoms. The van der Waals surface area contributed by atoms with Gasteiger partial charge in [-0.2, -0.15) is 0 Å². The molecule has 1 aliphatic heterocycles. The van der Waals surface area contributed by atoms with Gasteiger partial charge in [0.05, 0.1) is 6.10 Å². The SMILES string of the molecule is CC(NC(=O)CCC1CCCO1)C(=O)N(C)C. The standard InChI is InChI=1S/C12H22N2O3/c1-9(12(16)14(2)3)13-11(15)7-6-10-5-4-8-17-10/h9-10H,4-8H2,1-3H3,(H,13,15). The molecule has 1 heterocycles. The van der Waals surface area contributed by atoms with Gasteiger partial charge in [-0.05, 0) is 26.2 Å². The van der Waals surface area contributed by atoms with Crippen LogP contribution in [-0.2, 0) is 14.3 Å². The maximum atomic E-state index is 11.6. The number of carbonyl (C=O) groups is 2. The highest BCUT2D eigenvalue weighted by Gasteiger charge is 2.19. The third-order valence-corrected chi connectivity index (χ3v) is 2.91. The Morgan fingerprint density at radius 1 is 1.47 bits per heavy atom. The first kappa shape index (κ1) is 14.0. The molecule has 2 amide bonds. The van der Waals surface area contributed by atoms with E-state index >= 15 is 0 Å². The highest BCUT2D eigenvalue weighted by Crippen LogP contribution is 2.16. The quantitative estimate of drug-likeness (QED) is 0.765. The summed E-state index contributed by atoms with van der Waals surface area (Å²) in [6.07, 6.45) is 3.52. The number of ether oxygens (including phenoxy) is 1. The zero-order valence-electron chi connectivity index (χ0n) is 10.9. The summed E-state index contributed by atoms with van der Waals surface area (Å²) in [4.78, 5) is 24.6. The molecule has 0 aliphatic carbocycles. The van der Waals surface area contributed by atoms with Crippen molar-refractivity contribution < 1.29 is 14.3 Å². The van der Waals surface area contributed by atoms with Crippen LogP contribution in [0, 0.1) is 0 Å². The van der Waals surface area contributed by atoms with Gasteiger partial charge in [0.25, 0.3) is 0 Å². The molecule has 0 aromatic carbocycles. The van der Waals surface area contributed by atoms with Crippen LogP contribution in [0.5, 0.6) is 0 Å². The lowest BCUT2D eigenvalue weighted by Crippen LogP contribution is -2.44. The van der Waals surface area contributed by atoms with E-state index in [2.05, 4.69) is 5.32 Å². The molecule has 0 bridgehead atoms. The Kier molecular flexibility index (Phi) is 5.41. The van der Waals surface area contributed by atoms with E-state index in [1.807, 2.05) is 0 Å². The summed E-state index contributed by atoms with van der Waals surface area (Å²) in [7, 11) is 3.36. The Balaban J connectivity index is 2.21. The summed E-state index contributed by atoms with van der Waals surface area (Å²) in [6, 6.07) is -0.456. The van der Waals surface area contributed by atoms with Crippen LogP contribution in [0.4, 0.5) is 0 Å². The van der Waals surface area contributed by atoms with Crippen LogP contribution in [0.2, 0.25) is 0 Å². The molecular formula is C12H22N2O3. The van der Waals surface area contributed by atoms with Crippen molar-refractivity contribution >= 4 is 11.8 Å². The number of rotatable bonds is 5. The van der Waals surface area contributed by atoms with Gasteiger partial charge in [-0.3, -0.25) is 9.59 Å². The van der Waals surface area contributed by atoms with E-state index in [9.17, 15) is 9.59 Å². The van der Waals surface area contributed by atoms with Crippen molar-refractivity contribution in [2.75, 3.05) is 20.7 Å². The van der Waals surface area contributed by atoms with Crippen LogP contribution in [0.1, 0.15) is 32.6 Å².